The van der Waals surface area contributed by atoms with Crippen LogP contribution < -0.4 is 10.1 Å². The summed E-state index contributed by atoms with van der Waals surface area (Å²) in [5, 5.41) is 14.4. The number of aromatic nitrogens is 4. The molecule has 0 spiro atoms. The van der Waals surface area contributed by atoms with E-state index in [1.54, 1.807) is 13.3 Å². The number of rotatable bonds is 8. The molecule has 3 aromatic rings. The maximum Gasteiger partial charge on any atom is 0.239 e. The minimum absolute atomic E-state index is 0.106. The van der Waals surface area contributed by atoms with Crippen LogP contribution in [0.25, 0.3) is 11.4 Å². The van der Waals surface area contributed by atoms with Crippen molar-refractivity contribution < 1.29 is 9.53 Å². The highest BCUT2D eigenvalue weighted by atomic mass is 32.2. The molecule has 0 aliphatic heterocycles. The van der Waals surface area contributed by atoms with Gasteiger partial charge in [-0.25, -0.2) is 4.98 Å². The number of amides is 1. The highest BCUT2D eigenvalue weighted by molar-refractivity contribution is 8.00. The van der Waals surface area contributed by atoms with Crippen molar-refractivity contribution in [2.24, 2.45) is 5.92 Å². The second-order valence-electron chi connectivity index (χ2n) is 6.63. The number of hydrogen-bond donors (Lipinski definition) is 1. The molecular formula is C19H23N5O2S2. The van der Waals surface area contributed by atoms with Crippen LogP contribution in [0, 0.1) is 5.92 Å². The van der Waals surface area contributed by atoms with Crippen molar-refractivity contribution >= 4 is 34.1 Å². The van der Waals surface area contributed by atoms with Gasteiger partial charge in [-0.15, -0.1) is 21.5 Å². The van der Waals surface area contributed by atoms with Crippen LogP contribution >= 0.6 is 23.1 Å². The second kappa shape index (κ2) is 9.20. The Hall–Kier alpha value is -2.39. The second-order valence-corrected chi connectivity index (χ2v) is 8.83. The van der Waals surface area contributed by atoms with Gasteiger partial charge in [0.15, 0.2) is 16.1 Å². The summed E-state index contributed by atoms with van der Waals surface area (Å²) in [6, 6.07) is 7.74. The normalized spacial score (nSPS) is 12.2. The fourth-order valence-electron chi connectivity index (χ4n) is 2.56. The molecule has 7 nitrogen and oxygen atoms in total. The molecule has 28 heavy (non-hydrogen) atoms. The molecule has 0 radical (unpaired) electrons. The average Bonchev–Trinajstić information content (AvgIpc) is 3.32. The summed E-state index contributed by atoms with van der Waals surface area (Å²) in [6.07, 6.45) is 1.67. The van der Waals surface area contributed by atoms with E-state index in [-0.39, 0.29) is 11.2 Å². The largest absolute Gasteiger partial charge is 0.497 e. The van der Waals surface area contributed by atoms with Crippen molar-refractivity contribution in [3.05, 3.63) is 35.8 Å². The van der Waals surface area contributed by atoms with Gasteiger partial charge in [-0.3, -0.25) is 4.79 Å². The minimum atomic E-state index is -0.331. The van der Waals surface area contributed by atoms with E-state index in [0.717, 1.165) is 28.8 Å². The summed E-state index contributed by atoms with van der Waals surface area (Å²) in [5.41, 5.74) is 0.959. The number of thioether (sulfide) groups is 1. The van der Waals surface area contributed by atoms with Crippen LogP contribution in [0.5, 0.6) is 5.75 Å². The molecule has 3 rings (SSSR count). The number of anilines is 1. The quantitative estimate of drug-likeness (QED) is 0.554. The first-order chi connectivity index (χ1) is 13.5. The van der Waals surface area contributed by atoms with Crippen molar-refractivity contribution in [2.45, 2.75) is 37.7 Å². The van der Waals surface area contributed by atoms with Gasteiger partial charge in [0.1, 0.15) is 5.75 Å². The highest BCUT2D eigenvalue weighted by Gasteiger charge is 2.22. The van der Waals surface area contributed by atoms with Crippen LogP contribution in [-0.2, 0) is 11.3 Å². The molecule has 1 amide bonds. The third kappa shape index (κ3) is 4.90. The SMILES string of the molecule is COc1ccc(-c2nnc(S[C@@H](C)C(=O)Nc3nccs3)n2CC(C)C)cc1. The lowest BCUT2D eigenvalue weighted by atomic mass is 10.2. The van der Waals surface area contributed by atoms with Gasteiger partial charge in [0, 0.05) is 23.7 Å². The summed E-state index contributed by atoms with van der Waals surface area (Å²) in [7, 11) is 1.64. The van der Waals surface area contributed by atoms with Gasteiger partial charge in [0.2, 0.25) is 5.91 Å². The number of benzene rings is 1. The number of ether oxygens (including phenoxy) is 1. The zero-order chi connectivity index (χ0) is 20.1. The van der Waals surface area contributed by atoms with E-state index in [2.05, 4.69) is 38.9 Å². The third-order valence-corrected chi connectivity index (χ3v) is 5.70. The molecule has 1 aromatic carbocycles. The zero-order valence-corrected chi connectivity index (χ0v) is 17.9. The molecule has 0 saturated heterocycles. The van der Waals surface area contributed by atoms with E-state index >= 15 is 0 Å². The maximum absolute atomic E-state index is 12.5. The number of thiazole rings is 1. The predicted octanol–water partition coefficient (Wildman–Crippen LogP) is 4.19. The minimum Gasteiger partial charge on any atom is -0.497 e. The molecule has 0 aliphatic rings. The smallest absolute Gasteiger partial charge is 0.239 e. The fraction of sp³-hybridized carbons (Fsp3) is 0.368. The number of carbonyl (C=O) groups is 1. The molecule has 9 heteroatoms. The van der Waals surface area contributed by atoms with Gasteiger partial charge >= 0.3 is 0 Å². The van der Waals surface area contributed by atoms with Crippen molar-refractivity contribution in [1.29, 1.82) is 0 Å². The number of carbonyl (C=O) groups excluding carboxylic acids is 1. The van der Waals surface area contributed by atoms with Crippen LogP contribution in [-0.4, -0.2) is 38.0 Å². The van der Waals surface area contributed by atoms with Gasteiger partial charge in [0.05, 0.1) is 12.4 Å². The summed E-state index contributed by atoms with van der Waals surface area (Å²) in [4.78, 5) is 16.6. The van der Waals surface area contributed by atoms with E-state index in [9.17, 15) is 4.79 Å². The van der Waals surface area contributed by atoms with Gasteiger partial charge in [-0.05, 0) is 37.1 Å². The predicted molar refractivity (Wildman–Crippen MR) is 113 cm³/mol. The maximum atomic E-state index is 12.5. The zero-order valence-electron chi connectivity index (χ0n) is 16.2. The topological polar surface area (TPSA) is 81.9 Å². The molecule has 1 N–H and O–H groups in total. The molecule has 0 aliphatic carbocycles. The van der Waals surface area contributed by atoms with E-state index in [1.807, 2.05) is 36.6 Å². The Morgan fingerprint density at radius 2 is 2.00 bits per heavy atom. The lowest BCUT2D eigenvalue weighted by Crippen LogP contribution is -2.23. The Morgan fingerprint density at radius 1 is 1.25 bits per heavy atom. The molecule has 1 atom stereocenters. The Morgan fingerprint density at radius 3 is 2.61 bits per heavy atom. The van der Waals surface area contributed by atoms with E-state index in [4.69, 9.17) is 4.74 Å². The van der Waals surface area contributed by atoms with Crippen molar-refractivity contribution in [1.82, 2.24) is 19.7 Å². The molecule has 148 valence electrons. The third-order valence-electron chi connectivity index (χ3n) is 3.93. The van der Waals surface area contributed by atoms with Gasteiger partial charge in [-0.2, -0.15) is 0 Å². The van der Waals surface area contributed by atoms with Crippen molar-refractivity contribution in [3.63, 3.8) is 0 Å². The van der Waals surface area contributed by atoms with Gasteiger partial charge < -0.3 is 14.6 Å². The van der Waals surface area contributed by atoms with E-state index in [0.29, 0.717) is 11.0 Å². The average molecular weight is 418 g/mol. The Kier molecular flexibility index (Phi) is 6.69. The summed E-state index contributed by atoms with van der Waals surface area (Å²) < 4.78 is 7.31. The van der Waals surface area contributed by atoms with Crippen LogP contribution in [0.4, 0.5) is 5.13 Å². The van der Waals surface area contributed by atoms with E-state index in [1.165, 1.54) is 23.1 Å². The molecule has 0 fully saturated rings. The summed E-state index contributed by atoms with van der Waals surface area (Å²) in [6.45, 7) is 6.91. The molecule has 2 heterocycles. The fourth-order valence-corrected chi connectivity index (χ4v) is 3.95. The number of hydrogen-bond acceptors (Lipinski definition) is 7. The molecule has 0 saturated carbocycles. The number of nitrogens with zero attached hydrogens (tertiary/aromatic N) is 4. The first kappa shape index (κ1) is 20.3. The molecule has 2 aromatic heterocycles. The van der Waals surface area contributed by atoms with Crippen LogP contribution in [0.1, 0.15) is 20.8 Å². The first-order valence-electron chi connectivity index (χ1n) is 8.92. The monoisotopic (exact) mass is 417 g/mol. The van der Waals surface area contributed by atoms with Crippen LogP contribution in [0.15, 0.2) is 41.0 Å². The Labute approximate surface area is 172 Å². The molecule has 0 bridgehead atoms. The van der Waals surface area contributed by atoms with Gasteiger partial charge in [0.25, 0.3) is 0 Å². The van der Waals surface area contributed by atoms with Gasteiger partial charge in [-0.1, -0.05) is 25.6 Å². The van der Waals surface area contributed by atoms with Crippen LogP contribution in [0.3, 0.4) is 0 Å². The molecule has 0 unspecified atom stereocenters. The first-order valence-corrected chi connectivity index (χ1v) is 10.7. The standard InChI is InChI=1S/C19H23N5O2S2/c1-12(2)11-24-16(14-5-7-15(26-4)8-6-14)22-23-19(24)28-13(3)17(25)21-18-20-9-10-27-18/h5-10,12-13H,11H2,1-4H3,(H,20,21,25)/t13-/m0/s1. The van der Waals surface area contributed by atoms with Crippen molar-refractivity contribution in [3.8, 4) is 17.1 Å². The highest BCUT2D eigenvalue weighted by Crippen LogP contribution is 2.29. The lowest BCUT2D eigenvalue weighted by molar-refractivity contribution is -0.115. The van der Waals surface area contributed by atoms with Crippen molar-refractivity contribution in [2.75, 3.05) is 12.4 Å². The number of nitrogens with one attached hydrogen (secondary N) is 1. The lowest BCUT2D eigenvalue weighted by Gasteiger charge is -2.15. The van der Waals surface area contributed by atoms with Crippen LogP contribution in [0.2, 0.25) is 0 Å². The molecular weight excluding hydrogens is 394 g/mol. The summed E-state index contributed by atoms with van der Waals surface area (Å²) >= 11 is 2.79. The Balaban J connectivity index is 1.81. The number of methoxy groups -OCH3 is 1. The Bertz CT molecular complexity index is 907. The van der Waals surface area contributed by atoms with E-state index < -0.39 is 0 Å². The summed E-state index contributed by atoms with van der Waals surface area (Å²) in [5.74, 6) is 1.88.